The van der Waals surface area contributed by atoms with Crippen LogP contribution in [0.15, 0.2) is 54.6 Å². The molecule has 0 bridgehead atoms. The molecule has 3 rings (SSSR count). The molecule has 0 atom stereocenters. The van der Waals surface area contributed by atoms with Gasteiger partial charge in [-0.3, -0.25) is 0 Å². The third-order valence-electron chi connectivity index (χ3n) is 4.37. The molecule has 2 aromatic carbocycles. The molecule has 0 radical (unpaired) electrons. The maximum Gasteiger partial charge on any atom is 0.353 e. The van der Waals surface area contributed by atoms with Crippen molar-refractivity contribution in [2.75, 3.05) is 0 Å². The van der Waals surface area contributed by atoms with Crippen LogP contribution in [0, 0.1) is 12.7 Å². The Balaban J connectivity index is 2.42. The lowest BCUT2D eigenvalue weighted by atomic mass is 9.95. The minimum absolute atomic E-state index is 0.0113. The molecular weight excluding hydrogens is 317 g/mol. The van der Waals surface area contributed by atoms with Crippen LogP contribution in [0.25, 0.3) is 22.3 Å². The first kappa shape index (κ1) is 17.0. The van der Waals surface area contributed by atoms with E-state index in [1.165, 1.54) is 12.1 Å². The summed E-state index contributed by atoms with van der Waals surface area (Å²) < 4.78 is 15.2. The highest BCUT2D eigenvalue weighted by Crippen LogP contribution is 2.41. The van der Waals surface area contributed by atoms with E-state index in [0.717, 1.165) is 22.4 Å². The summed E-state index contributed by atoms with van der Waals surface area (Å²) in [7, 11) is 0. The van der Waals surface area contributed by atoms with Gasteiger partial charge in [-0.15, -0.1) is 0 Å². The fourth-order valence-corrected chi connectivity index (χ4v) is 3.42. The first-order valence-electron chi connectivity index (χ1n) is 8.21. The fourth-order valence-electron chi connectivity index (χ4n) is 3.42. The van der Waals surface area contributed by atoms with Crippen LogP contribution in [0.4, 0.5) is 4.39 Å². The number of benzene rings is 2. The predicted molar refractivity (Wildman–Crippen MR) is 97.3 cm³/mol. The van der Waals surface area contributed by atoms with Gasteiger partial charge in [0.15, 0.2) is 0 Å². The summed E-state index contributed by atoms with van der Waals surface area (Å²) in [6.07, 6.45) is 0. The Kier molecular flexibility index (Phi) is 4.45. The number of rotatable bonds is 4. The molecular formula is C21H20FNO2. The number of aromatic nitrogens is 1. The van der Waals surface area contributed by atoms with Crippen molar-refractivity contribution in [2.24, 2.45) is 0 Å². The molecule has 3 nitrogen and oxygen atoms in total. The normalized spacial score (nSPS) is 11.1. The molecule has 0 saturated carbocycles. The van der Waals surface area contributed by atoms with Crippen molar-refractivity contribution in [3.8, 4) is 22.3 Å². The minimum atomic E-state index is -0.969. The summed E-state index contributed by atoms with van der Waals surface area (Å²) in [5.74, 6) is -1.28. The van der Waals surface area contributed by atoms with Gasteiger partial charge >= 0.3 is 5.97 Å². The molecule has 0 aliphatic heterocycles. The van der Waals surface area contributed by atoms with Crippen molar-refractivity contribution in [1.82, 2.24) is 4.57 Å². The van der Waals surface area contributed by atoms with E-state index in [1.54, 1.807) is 12.1 Å². The summed E-state index contributed by atoms with van der Waals surface area (Å²) >= 11 is 0. The van der Waals surface area contributed by atoms with E-state index in [1.807, 2.05) is 55.7 Å². The van der Waals surface area contributed by atoms with E-state index in [9.17, 15) is 14.3 Å². The molecule has 1 aromatic heterocycles. The van der Waals surface area contributed by atoms with Crippen LogP contribution >= 0.6 is 0 Å². The van der Waals surface area contributed by atoms with Crippen molar-refractivity contribution in [3.05, 3.63) is 71.8 Å². The molecule has 4 heteroatoms. The molecule has 0 saturated heterocycles. The van der Waals surface area contributed by atoms with Crippen LogP contribution < -0.4 is 0 Å². The molecule has 0 fully saturated rings. The largest absolute Gasteiger partial charge is 0.477 e. The molecule has 0 aliphatic rings. The van der Waals surface area contributed by atoms with Gasteiger partial charge in [-0.1, -0.05) is 42.5 Å². The Morgan fingerprint density at radius 1 is 0.960 bits per heavy atom. The molecule has 0 spiro atoms. The number of hydrogen-bond donors (Lipinski definition) is 1. The van der Waals surface area contributed by atoms with Crippen molar-refractivity contribution < 1.29 is 14.3 Å². The number of halogens is 1. The first-order chi connectivity index (χ1) is 11.9. The second-order valence-electron chi connectivity index (χ2n) is 6.33. The van der Waals surface area contributed by atoms with Gasteiger partial charge in [0.1, 0.15) is 11.5 Å². The van der Waals surface area contributed by atoms with Crippen LogP contribution in [0.5, 0.6) is 0 Å². The zero-order valence-corrected chi connectivity index (χ0v) is 14.5. The van der Waals surface area contributed by atoms with Gasteiger partial charge in [0.05, 0.1) is 0 Å². The Morgan fingerprint density at radius 2 is 1.52 bits per heavy atom. The molecule has 0 aliphatic carbocycles. The quantitative estimate of drug-likeness (QED) is 0.678. The molecule has 1 heterocycles. The Hall–Kier alpha value is -2.88. The second-order valence-corrected chi connectivity index (χ2v) is 6.33. The lowest BCUT2D eigenvalue weighted by Crippen LogP contribution is -2.12. The van der Waals surface area contributed by atoms with Crippen LogP contribution in [-0.2, 0) is 0 Å². The van der Waals surface area contributed by atoms with Crippen molar-refractivity contribution in [3.63, 3.8) is 0 Å². The highest BCUT2D eigenvalue weighted by molar-refractivity contribution is 6.01. The summed E-state index contributed by atoms with van der Waals surface area (Å²) in [5, 5.41) is 9.90. The van der Waals surface area contributed by atoms with Gasteiger partial charge in [-0.25, -0.2) is 9.18 Å². The highest BCUT2D eigenvalue weighted by atomic mass is 19.1. The number of aromatic carboxylic acids is 1. The number of carboxylic acid groups (broad SMARTS) is 1. The number of carbonyl (C=O) groups is 1. The standard InChI is InChI=1S/C21H20FNO2/c1-13(2)23-14(3)18(16-9-11-17(22)12-10-16)19(20(23)21(24)25)15-7-5-4-6-8-15/h4-13H,1-3H3,(H,24,25). The summed E-state index contributed by atoms with van der Waals surface area (Å²) in [6.45, 7) is 5.84. The fraction of sp³-hybridized carbons (Fsp3) is 0.190. The van der Waals surface area contributed by atoms with Crippen LogP contribution in [0.1, 0.15) is 36.1 Å². The summed E-state index contributed by atoms with van der Waals surface area (Å²) in [5.41, 5.74) is 4.26. The van der Waals surface area contributed by atoms with Gasteiger partial charge in [-0.05, 0) is 44.0 Å². The number of carboxylic acids is 1. The summed E-state index contributed by atoms with van der Waals surface area (Å²) in [4.78, 5) is 12.1. The minimum Gasteiger partial charge on any atom is -0.477 e. The van der Waals surface area contributed by atoms with Gasteiger partial charge in [0, 0.05) is 22.9 Å². The van der Waals surface area contributed by atoms with Gasteiger partial charge in [-0.2, -0.15) is 0 Å². The highest BCUT2D eigenvalue weighted by Gasteiger charge is 2.27. The van der Waals surface area contributed by atoms with Crippen molar-refractivity contribution in [2.45, 2.75) is 26.8 Å². The van der Waals surface area contributed by atoms with Gasteiger partial charge in [0.25, 0.3) is 0 Å². The smallest absolute Gasteiger partial charge is 0.353 e. The average Bonchev–Trinajstić information content (AvgIpc) is 2.90. The zero-order chi connectivity index (χ0) is 18.1. The third-order valence-corrected chi connectivity index (χ3v) is 4.37. The number of nitrogens with zero attached hydrogens (tertiary/aromatic N) is 1. The SMILES string of the molecule is Cc1c(-c2ccc(F)cc2)c(-c2ccccc2)c(C(=O)O)n1C(C)C. The Bertz CT molecular complexity index is 909. The Morgan fingerprint density at radius 3 is 2.04 bits per heavy atom. The van der Waals surface area contributed by atoms with E-state index in [-0.39, 0.29) is 17.6 Å². The van der Waals surface area contributed by atoms with Crippen molar-refractivity contribution in [1.29, 1.82) is 0 Å². The lowest BCUT2D eigenvalue weighted by molar-refractivity contribution is 0.0684. The van der Waals surface area contributed by atoms with Crippen LogP contribution in [0.2, 0.25) is 0 Å². The average molecular weight is 337 g/mol. The van der Waals surface area contributed by atoms with E-state index in [2.05, 4.69) is 0 Å². The topological polar surface area (TPSA) is 42.2 Å². The first-order valence-corrected chi connectivity index (χ1v) is 8.21. The third kappa shape index (κ3) is 2.95. The monoisotopic (exact) mass is 337 g/mol. The zero-order valence-electron chi connectivity index (χ0n) is 14.5. The molecule has 25 heavy (non-hydrogen) atoms. The molecule has 1 N–H and O–H groups in total. The molecule has 0 amide bonds. The van der Waals surface area contributed by atoms with E-state index >= 15 is 0 Å². The van der Waals surface area contributed by atoms with Crippen LogP contribution in [0.3, 0.4) is 0 Å². The second kappa shape index (κ2) is 6.55. The lowest BCUT2D eigenvalue weighted by Gasteiger charge is -2.14. The van der Waals surface area contributed by atoms with E-state index in [0.29, 0.717) is 5.56 Å². The predicted octanol–water partition coefficient (Wildman–Crippen LogP) is 5.55. The van der Waals surface area contributed by atoms with E-state index < -0.39 is 5.97 Å². The van der Waals surface area contributed by atoms with Crippen LogP contribution in [-0.4, -0.2) is 15.6 Å². The maximum absolute atomic E-state index is 13.4. The van der Waals surface area contributed by atoms with E-state index in [4.69, 9.17) is 0 Å². The maximum atomic E-state index is 13.4. The molecule has 0 unspecified atom stereocenters. The Labute approximate surface area is 146 Å². The van der Waals surface area contributed by atoms with Gasteiger partial charge in [0.2, 0.25) is 0 Å². The van der Waals surface area contributed by atoms with Gasteiger partial charge < -0.3 is 9.67 Å². The number of hydrogen-bond acceptors (Lipinski definition) is 1. The summed E-state index contributed by atoms with van der Waals surface area (Å²) in [6, 6.07) is 15.7. The van der Waals surface area contributed by atoms with Crippen molar-refractivity contribution >= 4 is 5.97 Å². The molecule has 3 aromatic rings. The molecule has 128 valence electrons.